The SMILES string of the molecule is C1=C\CCCC\C=C/1.[Rh][I]. The Bertz CT molecular complexity index is 93.8. The van der Waals surface area contributed by atoms with Gasteiger partial charge in [0, 0.05) is 0 Å². The molecule has 0 spiro atoms. The van der Waals surface area contributed by atoms with E-state index in [1.54, 1.807) is 0 Å². The van der Waals surface area contributed by atoms with E-state index in [0.29, 0.717) is 0 Å². The average molecular weight is 338 g/mol. The fraction of sp³-hybridized carbons (Fsp3) is 0.500. The van der Waals surface area contributed by atoms with E-state index in [2.05, 4.69) is 39.1 Å². The van der Waals surface area contributed by atoms with Crippen molar-refractivity contribution >= 4 is 19.8 Å². The summed E-state index contributed by atoms with van der Waals surface area (Å²) in [6.45, 7) is 0. The second kappa shape index (κ2) is 9.83. The molecule has 0 heterocycles. The molecule has 0 saturated heterocycles. The zero-order valence-corrected chi connectivity index (χ0v) is 9.65. The van der Waals surface area contributed by atoms with Crippen molar-refractivity contribution in [3.63, 3.8) is 0 Å². The molecule has 0 N–H and O–H groups in total. The molecule has 0 unspecified atom stereocenters. The Hall–Kier alpha value is 0.833. The quantitative estimate of drug-likeness (QED) is 0.468. The number of allylic oxidation sites excluding steroid dienone is 4. The van der Waals surface area contributed by atoms with Crippen LogP contribution in [0.25, 0.3) is 0 Å². The average Bonchev–Trinajstić information content (AvgIpc) is 1.90. The van der Waals surface area contributed by atoms with Crippen molar-refractivity contribution in [2.75, 3.05) is 0 Å². The maximum absolute atomic E-state index is 2.52. The van der Waals surface area contributed by atoms with E-state index >= 15 is 0 Å². The van der Waals surface area contributed by atoms with Gasteiger partial charge in [0.2, 0.25) is 0 Å². The molecule has 0 saturated carbocycles. The van der Waals surface area contributed by atoms with Gasteiger partial charge in [-0.2, -0.15) is 0 Å². The van der Waals surface area contributed by atoms with E-state index in [1.165, 1.54) is 25.7 Å². The van der Waals surface area contributed by atoms with Gasteiger partial charge in [0.1, 0.15) is 0 Å². The van der Waals surface area contributed by atoms with Gasteiger partial charge in [-0.15, -0.1) is 0 Å². The summed E-state index contributed by atoms with van der Waals surface area (Å²) in [4.78, 5) is 0. The summed E-state index contributed by atoms with van der Waals surface area (Å²) in [7, 11) is 0. The van der Waals surface area contributed by atoms with Crippen LogP contribution >= 0.6 is 19.8 Å². The van der Waals surface area contributed by atoms with E-state index in [9.17, 15) is 0 Å². The summed E-state index contributed by atoms with van der Waals surface area (Å²) in [5, 5.41) is 0. The van der Waals surface area contributed by atoms with Crippen LogP contribution in [-0.4, -0.2) is 0 Å². The van der Waals surface area contributed by atoms with Crippen LogP contribution in [0.2, 0.25) is 0 Å². The molecule has 0 aromatic rings. The van der Waals surface area contributed by atoms with Gasteiger partial charge in [-0.1, -0.05) is 24.3 Å². The molecule has 2 heteroatoms. The van der Waals surface area contributed by atoms with Crippen molar-refractivity contribution in [3.05, 3.63) is 24.3 Å². The molecule has 1 aliphatic carbocycles. The summed E-state index contributed by atoms with van der Waals surface area (Å²) < 4.78 is 0. The molecule has 1 rings (SSSR count). The molecule has 0 nitrogen and oxygen atoms in total. The molecular formula is C8H12IRh. The molecule has 0 bridgehead atoms. The maximum atomic E-state index is 2.52. The van der Waals surface area contributed by atoms with Crippen LogP contribution in [0.1, 0.15) is 25.7 Å². The van der Waals surface area contributed by atoms with Crippen molar-refractivity contribution in [2.24, 2.45) is 0 Å². The monoisotopic (exact) mass is 338 g/mol. The minimum absolute atomic E-state index is 1.27. The van der Waals surface area contributed by atoms with Crippen molar-refractivity contribution in [2.45, 2.75) is 25.7 Å². The number of rotatable bonds is 0. The van der Waals surface area contributed by atoms with E-state index < -0.39 is 0 Å². The van der Waals surface area contributed by atoms with Gasteiger partial charge >= 0.3 is 34.5 Å². The van der Waals surface area contributed by atoms with E-state index in [4.69, 9.17) is 0 Å². The molecule has 0 amide bonds. The van der Waals surface area contributed by atoms with Crippen molar-refractivity contribution < 1.29 is 14.8 Å². The Labute approximate surface area is 84.0 Å². The second-order valence-corrected chi connectivity index (χ2v) is 2.14. The third-order valence-corrected chi connectivity index (χ3v) is 1.37. The predicted molar refractivity (Wildman–Crippen MR) is 50.8 cm³/mol. The van der Waals surface area contributed by atoms with E-state index in [1.807, 2.05) is 19.8 Å². The first kappa shape index (κ1) is 10.8. The first-order chi connectivity index (χ1) is 5.00. The standard InChI is InChI=1S/C8H12.HI.Rh/c1-2-4-6-8-7-5-3-1;;/h1-4H,5-8H2;1H;/q;;+1/p-1/b3-1-,4-2-;;. The first-order valence-corrected chi connectivity index (χ1v) is 8.32. The summed E-state index contributed by atoms with van der Waals surface area (Å²) in [6, 6.07) is 0. The second-order valence-electron chi connectivity index (χ2n) is 2.14. The topological polar surface area (TPSA) is 0 Å². The normalized spacial score (nSPS) is 23.1. The van der Waals surface area contributed by atoms with Crippen molar-refractivity contribution in [1.82, 2.24) is 0 Å². The van der Waals surface area contributed by atoms with Gasteiger partial charge in [-0.3, -0.25) is 0 Å². The summed E-state index contributed by atoms with van der Waals surface area (Å²) >= 11 is 4.56. The molecule has 10 heavy (non-hydrogen) atoms. The third-order valence-electron chi connectivity index (χ3n) is 1.37. The van der Waals surface area contributed by atoms with E-state index in [-0.39, 0.29) is 0 Å². The molecule has 60 valence electrons. The van der Waals surface area contributed by atoms with Gasteiger partial charge < -0.3 is 0 Å². The zero-order chi connectivity index (χ0) is 7.66. The van der Waals surface area contributed by atoms with Gasteiger partial charge in [0.05, 0.1) is 0 Å². The van der Waals surface area contributed by atoms with Gasteiger partial charge in [0.25, 0.3) is 0 Å². The van der Waals surface area contributed by atoms with Gasteiger partial charge in [-0.05, 0) is 25.7 Å². The van der Waals surface area contributed by atoms with Crippen LogP contribution in [0.15, 0.2) is 24.3 Å². The molecular weight excluding hydrogens is 326 g/mol. The van der Waals surface area contributed by atoms with Crippen LogP contribution in [0.3, 0.4) is 0 Å². The van der Waals surface area contributed by atoms with Crippen LogP contribution in [0, 0.1) is 0 Å². The van der Waals surface area contributed by atoms with Crippen LogP contribution in [0.4, 0.5) is 0 Å². The fourth-order valence-corrected chi connectivity index (χ4v) is 0.874. The molecule has 0 fully saturated rings. The van der Waals surface area contributed by atoms with Crippen molar-refractivity contribution in [1.29, 1.82) is 0 Å². The van der Waals surface area contributed by atoms with Crippen molar-refractivity contribution in [3.8, 4) is 0 Å². The Kier molecular flexibility index (Phi) is 10.7. The Balaban J connectivity index is 0.000000371. The first-order valence-electron chi connectivity index (χ1n) is 3.44. The molecule has 0 radical (unpaired) electrons. The third kappa shape index (κ3) is 6.95. The molecule has 1 aliphatic rings. The van der Waals surface area contributed by atoms with E-state index in [0.717, 1.165) is 0 Å². The molecule has 0 aromatic carbocycles. The fourth-order valence-electron chi connectivity index (χ4n) is 0.874. The Morgan fingerprint density at radius 3 is 1.70 bits per heavy atom. The minimum atomic E-state index is 1.27. The number of hydrogen-bond acceptors (Lipinski definition) is 0. The van der Waals surface area contributed by atoms with Crippen LogP contribution in [-0.2, 0) is 14.8 Å². The Morgan fingerprint density at radius 2 is 1.30 bits per heavy atom. The molecule has 0 aromatic heterocycles. The Morgan fingerprint density at radius 1 is 0.900 bits per heavy atom. The van der Waals surface area contributed by atoms with Crippen LogP contribution in [0.5, 0.6) is 0 Å². The van der Waals surface area contributed by atoms with Gasteiger partial charge in [0.15, 0.2) is 0 Å². The zero-order valence-electron chi connectivity index (χ0n) is 5.85. The van der Waals surface area contributed by atoms with Gasteiger partial charge in [-0.25, -0.2) is 0 Å². The summed E-state index contributed by atoms with van der Waals surface area (Å²) in [5.74, 6) is 0. The predicted octanol–water partition coefficient (Wildman–Crippen LogP) is 3.56. The summed E-state index contributed by atoms with van der Waals surface area (Å²) in [5.41, 5.74) is 0. The summed E-state index contributed by atoms with van der Waals surface area (Å²) in [6.07, 6.45) is 14.0. The molecule has 0 atom stereocenters. The number of halogens is 1. The van der Waals surface area contributed by atoms with Crippen LogP contribution < -0.4 is 0 Å². The molecule has 0 aliphatic heterocycles. The number of hydrogen-bond donors (Lipinski definition) is 0.